The number of nitrogens with one attached hydrogen (secondary N) is 1. The van der Waals surface area contributed by atoms with Crippen LogP contribution in [0.1, 0.15) is 42.3 Å². The number of aromatic nitrogens is 1. The number of hydrogen-bond acceptors (Lipinski definition) is 3. The van der Waals surface area contributed by atoms with Crippen molar-refractivity contribution in [2.45, 2.75) is 45.9 Å². The molecule has 1 atom stereocenters. The average Bonchev–Trinajstić information content (AvgIpc) is 3.04. The van der Waals surface area contributed by atoms with E-state index in [1.165, 1.54) is 33.3 Å². The monoisotopic (exact) mass is 377 g/mol. The quantitative estimate of drug-likeness (QED) is 0.685. The lowest BCUT2D eigenvalue weighted by molar-refractivity contribution is 0.309. The predicted molar refractivity (Wildman–Crippen MR) is 116 cm³/mol. The first-order chi connectivity index (χ1) is 13.6. The third-order valence-electron chi connectivity index (χ3n) is 6.03. The van der Waals surface area contributed by atoms with Crippen molar-refractivity contribution in [2.24, 2.45) is 0 Å². The van der Waals surface area contributed by atoms with Crippen LogP contribution in [-0.2, 0) is 26.1 Å². The molecule has 0 bridgehead atoms. The molecule has 0 saturated heterocycles. The van der Waals surface area contributed by atoms with Crippen LogP contribution in [0.4, 0.5) is 0 Å². The third kappa shape index (κ3) is 3.54. The van der Waals surface area contributed by atoms with Crippen molar-refractivity contribution >= 4 is 10.9 Å². The topological polar surface area (TPSA) is 29.4 Å². The fourth-order valence-electron chi connectivity index (χ4n) is 4.40. The van der Waals surface area contributed by atoms with Gasteiger partial charge in [-0.25, -0.2) is 0 Å². The molecule has 0 unspecified atom stereocenters. The lowest BCUT2D eigenvalue weighted by atomic mass is 10.0. The molecule has 1 aliphatic rings. The summed E-state index contributed by atoms with van der Waals surface area (Å²) in [4.78, 5) is 2.43. The molecular weight excluding hydrogens is 346 g/mol. The molecule has 0 saturated carbocycles. The van der Waals surface area contributed by atoms with E-state index in [9.17, 15) is 0 Å². The summed E-state index contributed by atoms with van der Waals surface area (Å²) in [5.74, 6) is 0.907. The normalized spacial score (nSPS) is 15.6. The maximum Gasteiger partial charge on any atom is 0.119 e. The highest BCUT2D eigenvalue weighted by Gasteiger charge is 2.21. The summed E-state index contributed by atoms with van der Waals surface area (Å²) in [5, 5.41) is 5.10. The van der Waals surface area contributed by atoms with Crippen LogP contribution in [0.3, 0.4) is 0 Å². The summed E-state index contributed by atoms with van der Waals surface area (Å²) in [7, 11) is 3.94. The number of likely N-dealkylation sites (N-methyl/N-ethyl adjacent to an activating group) is 1. The molecule has 0 spiro atoms. The number of aryl methyl sites for hydroxylation is 1. The highest BCUT2D eigenvalue weighted by atomic mass is 16.5. The molecule has 1 N–H and O–H groups in total. The van der Waals surface area contributed by atoms with Crippen molar-refractivity contribution in [3.8, 4) is 5.75 Å². The van der Waals surface area contributed by atoms with Gasteiger partial charge in [0.15, 0.2) is 0 Å². The minimum Gasteiger partial charge on any atom is -0.497 e. The Bertz CT molecular complexity index is 975. The number of benzene rings is 2. The van der Waals surface area contributed by atoms with Crippen LogP contribution in [0.5, 0.6) is 5.75 Å². The van der Waals surface area contributed by atoms with Gasteiger partial charge < -0.3 is 19.5 Å². The summed E-state index contributed by atoms with van der Waals surface area (Å²) in [6.45, 7) is 8.56. The molecule has 3 aromatic rings. The zero-order valence-corrected chi connectivity index (χ0v) is 17.5. The molecule has 0 aliphatic carbocycles. The molecule has 4 nitrogen and oxygen atoms in total. The van der Waals surface area contributed by atoms with Crippen molar-refractivity contribution in [3.05, 3.63) is 64.8 Å². The Kier molecular flexibility index (Phi) is 5.42. The average molecular weight is 378 g/mol. The Morgan fingerprint density at radius 3 is 2.82 bits per heavy atom. The van der Waals surface area contributed by atoms with Gasteiger partial charge in [-0.2, -0.15) is 0 Å². The molecular formula is C24H31N3O. The molecule has 1 aromatic heterocycles. The first-order valence-corrected chi connectivity index (χ1v) is 10.3. The second-order valence-electron chi connectivity index (χ2n) is 7.89. The van der Waals surface area contributed by atoms with E-state index >= 15 is 0 Å². The Hall–Kier alpha value is -2.30. The van der Waals surface area contributed by atoms with Gasteiger partial charge in [-0.05, 0) is 61.9 Å². The second-order valence-corrected chi connectivity index (χ2v) is 7.89. The minimum absolute atomic E-state index is 0.270. The molecule has 4 rings (SSSR count). The van der Waals surface area contributed by atoms with E-state index in [0.717, 1.165) is 38.3 Å². The lowest BCUT2D eigenvalue weighted by Crippen LogP contribution is -2.27. The SMILES string of the molecule is CCn1c2c(c3cc(CN[C@H](C)c4cccc(OC)c4)ccc31)CN(C)CC2. The van der Waals surface area contributed by atoms with Crippen LogP contribution in [-0.4, -0.2) is 30.2 Å². The molecule has 2 heterocycles. The zero-order valence-electron chi connectivity index (χ0n) is 17.5. The number of hydrogen-bond donors (Lipinski definition) is 1. The highest BCUT2D eigenvalue weighted by molar-refractivity contribution is 5.86. The van der Waals surface area contributed by atoms with Crippen LogP contribution in [0, 0.1) is 0 Å². The van der Waals surface area contributed by atoms with E-state index in [0.29, 0.717) is 0 Å². The van der Waals surface area contributed by atoms with Gasteiger partial charge >= 0.3 is 0 Å². The maximum atomic E-state index is 5.36. The van der Waals surface area contributed by atoms with Crippen LogP contribution in [0.2, 0.25) is 0 Å². The zero-order chi connectivity index (χ0) is 19.7. The molecule has 0 fully saturated rings. The Morgan fingerprint density at radius 2 is 2.04 bits per heavy atom. The van der Waals surface area contributed by atoms with E-state index in [1.54, 1.807) is 7.11 Å². The number of ether oxygens (including phenoxy) is 1. The standard InChI is InChI=1S/C24H31N3O/c1-5-27-23-10-9-18(13-21(23)22-16-26(3)12-11-24(22)27)15-25-17(2)19-7-6-8-20(14-19)28-4/h6-10,13-14,17,25H,5,11-12,15-16H2,1-4H3/t17-/m1/s1. The summed E-state index contributed by atoms with van der Waals surface area (Å²) in [5.41, 5.74) is 7.02. The molecule has 4 heteroatoms. The lowest BCUT2D eigenvalue weighted by Gasteiger charge is -2.24. The van der Waals surface area contributed by atoms with Gasteiger partial charge in [0.1, 0.15) is 5.75 Å². The van der Waals surface area contributed by atoms with Crippen LogP contribution in [0.25, 0.3) is 10.9 Å². The summed E-state index contributed by atoms with van der Waals surface area (Å²) < 4.78 is 7.86. The molecule has 0 amide bonds. The van der Waals surface area contributed by atoms with Gasteiger partial charge in [0.25, 0.3) is 0 Å². The first-order valence-electron chi connectivity index (χ1n) is 10.3. The molecule has 2 aromatic carbocycles. The molecule has 28 heavy (non-hydrogen) atoms. The summed E-state index contributed by atoms with van der Waals surface area (Å²) in [6, 6.07) is 15.5. The van der Waals surface area contributed by atoms with E-state index < -0.39 is 0 Å². The largest absolute Gasteiger partial charge is 0.497 e. The number of methoxy groups -OCH3 is 1. The van der Waals surface area contributed by atoms with Gasteiger partial charge in [0, 0.05) is 55.2 Å². The van der Waals surface area contributed by atoms with Gasteiger partial charge in [-0.15, -0.1) is 0 Å². The van der Waals surface area contributed by atoms with Crippen LogP contribution >= 0.6 is 0 Å². The Balaban J connectivity index is 1.57. The smallest absolute Gasteiger partial charge is 0.119 e. The molecule has 148 valence electrons. The van der Waals surface area contributed by atoms with Crippen molar-refractivity contribution in [2.75, 3.05) is 20.7 Å². The summed E-state index contributed by atoms with van der Waals surface area (Å²) in [6.07, 6.45) is 1.15. The van der Waals surface area contributed by atoms with E-state index in [1.807, 2.05) is 6.07 Å². The van der Waals surface area contributed by atoms with E-state index in [-0.39, 0.29) is 6.04 Å². The summed E-state index contributed by atoms with van der Waals surface area (Å²) >= 11 is 0. The number of nitrogens with zero attached hydrogens (tertiary/aromatic N) is 2. The fourth-order valence-corrected chi connectivity index (χ4v) is 4.40. The minimum atomic E-state index is 0.270. The fraction of sp³-hybridized carbons (Fsp3) is 0.417. The number of rotatable bonds is 6. The molecule has 0 radical (unpaired) electrons. The van der Waals surface area contributed by atoms with Crippen LogP contribution in [0.15, 0.2) is 42.5 Å². The predicted octanol–water partition coefficient (Wildman–Crippen LogP) is 4.51. The second kappa shape index (κ2) is 7.98. The Morgan fingerprint density at radius 1 is 1.18 bits per heavy atom. The van der Waals surface area contributed by atoms with Crippen molar-refractivity contribution < 1.29 is 4.74 Å². The van der Waals surface area contributed by atoms with E-state index in [2.05, 4.69) is 72.1 Å². The van der Waals surface area contributed by atoms with Gasteiger partial charge in [0.2, 0.25) is 0 Å². The van der Waals surface area contributed by atoms with Gasteiger partial charge in [0.05, 0.1) is 7.11 Å². The van der Waals surface area contributed by atoms with E-state index in [4.69, 9.17) is 4.74 Å². The van der Waals surface area contributed by atoms with Crippen molar-refractivity contribution in [3.63, 3.8) is 0 Å². The van der Waals surface area contributed by atoms with Crippen molar-refractivity contribution in [1.82, 2.24) is 14.8 Å². The maximum absolute atomic E-state index is 5.36. The molecule has 1 aliphatic heterocycles. The van der Waals surface area contributed by atoms with Gasteiger partial charge in [-0.1, -0.05) is 18.2 Å². The van der Waals surface area contributed by atoms with Gasteiger partial charge in [-0.3, -0.25) is 0 Å². The van der Waals surface area contributed by atoms with Crippen molar-refractivity contribution in [1.29, 1.82) is 0 Å². The first kappa shape index (κ1) is 19.0. The Labute approximate surface area is 168 Å². The highest BCUT2D eigenvalue weighted by Crippen LogP contribution is 2.31. The third-order valence-corrected chi connectivity index (χ3v) is 6.03. The van der Waals surface area contributed by atoms with Crippen LogP contribution < -0.4 is 10.1 Å². The number of fused-ring (bicyclic) bond motifs is 3.